The van der Waals surface area contributed by atoms with Gasteiger partial charge >= 0.3 is 0 Å². The number of carbonyl (C=O) groups excluding carboxylic acids is 1. The van der Waals surface area contributed by atoms with Crippen LogP contribution in [0.5, 0.6) is 0 Å². The molecule has 9 heteroatoms. The Kier molecular flexibility index (Phi) is 6.21. The van der Waals surface area contributed by atoms with Crippen LogP contribution in [0.15, 0.2) is 65.5 Å². The summed E-state index contributed by atoms with van der Waals surface area (Å²) in [5.74, 6) is 0.822. The van der Waals surface area contributed by atoms with Gasteiger partial charge in [0.1, 0.15) is 5.82 Å². The molecule has 4 rings (SSSR count). The summed E-state index contributed by atoms with van der Waals surface area (Å²) in [6.45, 7) is 6.21. The van der Waals surface area contributed by atoms with Crippen molar-refractivity contribution in [3.63, 3.8) is 0 Å². The fourth-order valence-electron chi connectivity index (χ4n) is 3.83. The molecule has 1 aliphatic heterocycles. The number of non-ortho nitro benzene ring substituents is 1. The van der Waals surface area contributed by atoms with E-state index in [0.29, 0.717) is 49.2 Å². The lowest BCUT2D eigenvalue weighted by molar-refractivity contribution is -0.384. The van der Waals surface area contributed by atoms with Gasteiger partial charge in [-0.25, -0.2) is 0 Å². The molecule has 170 valence electrons. The molecule has 2 aromatic carbocycles. The van der Waals surface area contributed by atoms with Crippen molar-refractivity contribution >= 4 is 17.4 Å². The van der Waals surface area contributed by atoms with E-state index in [9.17, 15) is 19.7 Å². The Hall–Kier alpha value is -4.01. The SMILES string of the molecule is CC(C)c1ccc(-n2nc(N3CCN(C(=O)c4cccc([N+](=O)[O-])c4)CC3)ccc2=O)cc1. The molecule has 3 aromatic rings. The molecule has 9 nitrogen and oxygen atoms in total. The summed E-state index contributed by atoms with van der Waals surface area (Å²) in [5, 5.41) is 15.5. The van der Waals surface area contributed by atoms with Crippen molar-refractivity contribution in [3.8, 4) is 5.69 Å². The van der Waals surface area contributed by atoms with E-state index in [2.05, 4.69) is 18.9 Å². The summed E-state index contributed by atoms with van der Waals surface area (Å²) in [6.07, 6.45) is 0. The number of carbonyl (C=O) groups is 1. The number of nitro groups is 1. The Morgan fingerprint density at radius 2 is 1.70 bits per heavy atom. The van der Waals surface area contributed by atoms with Crippen LogP contribution in [0, 0.1) is 10.1 Å². The van der Waals surface area contributed by atoms with Gasteiger partial charge in [0.25, 0.3) is 17.2 Å². The van der Waals surface area contributed by atoms with Gasteiger partial charge in [-0.1, -0.05) is 32.0 Å². The van der Waals surface area contributed by atoms with Crippen molar-refractivity contribution in [2.75, 3.05) is 31.1 Å². The van der Waals surface area contributed by atoms with Crippen LogP contribution in [-0.4, -0.2) is 51.7 Å². The smallest absolute Gasteiger partial charge is 0.271 e. The Bertz CT molecular complexity index is 1230. The van der Waals surface area contributed by atoms with Gasteiger partial charge < -0.3 is 9.80 Å². The van der Waals surface area contributed by atoms with Crippen molar-refractivity contribution < 1.29 is 9.72 Å². The molecule has 1 amide bonds. The van der Waals surface area contributed by atoms with E-state index in [-0.39, 0.29) is 17.2 Å². The first-order chi connectivity index (χ1) is 15.8. The van der Waals surface area contributed by atoms with Gasteiger partial charge in [0.15, 0.2) is 0 Å². The molecule has 0 atom stereocenters. The molecule has 0 N–H and O–H groups in total. The van der Waals surface area contributed by atoms with Crippen molar-refractivity contribution in [2.24, 2.45) is 0 Å². The normalized spacial score (nSPS) is 13.9. The minimum atomic E-state index is -0.508. The molecule has 0 bridgehead atoms. The molecule has 0 saturated carbocycles. The Morgan fingerprint density at radius 1 is 1.00 bits per heavy atom. The van der Waals surface area contributed by atoms with E-state index < -0.39 is 4.92 Å². The van der Waals surface area contributed by atoms with E-state index in [0.717, 1.165) is 0 Å². The summed E-state index contributed by atoms with van der Waals surface area (Å²) in [4.78, 5) is 39.4. The first-order valence-electron chi connectivity index (χ1n) is 10.8. The Morgan fingerprint density at radius 3 is 2.33 bits per heavy atom. The lowest BCUT2D eigenvalue weighted by Gasteiger charge is -2.35. The second kappa shape index (κ2) is 9.23. The number of anilines is 1. The van der Waals surface area contributed by atoms with Crippen LogP contribution in [0.1, 0.15) is 35.7 Å². The van der Waals surface area contributed by atoms with Crippen LogP contribution < -0.4 is 10.5 Å². The molecule has 1 saturated heterocycles. The van der Waals surface area contributed by atoms with Crippen molar-refractivity contribution in [1.82, 2.24) is 14.7 Å². The molecule has 33 heavy (non-hydrogen) atoms. The highest BCUT2D eigenvalue weighted by Crippen LogP contribution is 2.19. The third-order valence-corrected chi connectivity index (χ3v) is 5.79. The van der Waals surface area contributed by atoms with Gasteiger partial charge in [-0.15, -0.1) is 5.10 Å². The van der Waals surface area contributed by atoms with Crippen molar-refractivity contribution in [1.29, 1.82) is 0 Å². The minimum absolute atomic E-state index is 0.104. The molecule has 1 fully saturated rings. The molecule has 0 radical (unpaired) electrons. The number of nitro benzene ring substituents is 1. The van der Waals surface area contributed by atoms with Crippen LogP contribution in [0.3, 0.4) is 0 Å². The number of amides is 1. The second-order valence-electron chi connectivity index (χ2n) is 8.27. The number of piperazine rings is 1. The maximum Gasteiger partial charge on any atom is 0.271 e. The Labute approximate surface area is 191 Å². The van der Waals surface area contributed by atoms with Gasteiger partial charge in [-0.3, -0.25) is 19.7 Å². The number of hydrogen-bond donors (Lipinski definition) is 0. The van der Waals surface area contributed by atoms with Gasteiger partial charge in [0.05, 0.1) is 10.6 Å². The predicted octanol–water partition coefficient (Wildman–Crippen LogP) is 3.23. The number of hydrogen-bond acceptors (Lipinski definition) is 6. The van der Waals surface area contributed by atoms with E-state index in [1.54, 1.807) is 17.0 Å². The summed E-state index contributed by atoms with van der Waals surface area (Å²) in [6, 6.07) is 16.7. The summed E-state index contributed by atoms with van der Waals surface area (Å²) in [7, 11) is 0. The highest BCUT2D eigenvalue weighted by atomic mass is 16.6. The van der Waals surface area contributed by atoms with Crippen LogP contribution >= 0.6 is 0 Å². The third-order valence-electron chi connectivity index (χ3n) is 5.79. The van der Waals surface area contributed by atoms with Crippen LogP contribution in [0.25, 0.3) is 5.69 Å². The zero-order valence-electron chi connectivity index (χ0n) is 18.5. The molecule has 0 spiro atoms. The molecule has 1 aliphatic rings. The highest BCUT2D eigenvalue weighted by Gasteiger charge is 2.24. The minimum Gasteiger partial charge on any atom is -0.352 e. The lowest BCUT2D eigenvalue weighted by Crippen LogP contribution is -2.49. The first kappa shape index (κ1) is 22.2. The monoisotopic (exact) mass is 447 g/mol. The van der Waals surface area contributed by atoms with Crippen LogP contribution in [-0.2, 0) is 0 Å². The van der Waals surface area contributed by atoms with Crippen LogP contribution in [0.4, 0.5) is 11.5 Å². The van der Waals surface area contributed by atoms with E-state index in [1.807, 2.05) is 29.2 Å². The molecule has 0 unspecified atom stereocenters. The summed E-state index contributed by atoms with van der Waals surface area (Å²) >= 11 is 0. The molecule has 2 heterocycles. The maximum atomic E-state index is 12.8. The zero-order chi connectivity index (χ0) is 23.5. The fraction of sp³-hybridized carbons (Fsp3) is 0.292. The zero-order valence-corrected chi connectivity index (χ0v) is 18.5. The summed E-state index contributed by atoms with van der Waals surface area (Å²) < 4.78 is 1.39. The second-order valence-corrected chi connectivity index (χ2v) is 8.27. The average molecular weight is 447 g/mol. The largest absolute Gasteiger partial charge is 0.352 e. The maximum absolute atomic E-state index is 12.8. The van der Waals surface area contributed by atoms with E-state index in [1.165, 1.54) is 34.5 Å². The van der Waals surface area contributed by atoms with Gasteiger partial charge in [0, 0.05) is 49.9 Å². The fourth-order valence-corrected chi connectivity index (χ4v) is 3.83. The topological polar surface area (TPSA) is 102 Å². The van der Waals surface area contributed by atoms with E-state index >= 15 is 0 Å². The molecular weight excluding hydrogens is 422 g/mol. The summed E-state index contributed by atoms with van der Waals surface area (Å²) in [5.41, 5.74) is 1.87. The van der Waals surface area contributed by atoms with E-state index in [4.69, 9.17) is 0 Å². The molecular formula is C24H25N5O4. The predicted molar refractivity (Wildman–Crippen MR) is 125 cm³/mol. The van der Waals surface area contributed by atoms with Crippen molar-refractivity contribution in [2.45, 2.75) is 19.8 Å². The lowest BCUT2D eigenvalue weighted by atomic mass is 10.0. The third kappa shape index (κ3) is 4.77. The Balaban J connectivity index is 1.47. The molecule has 0 aliphatic carbocycles. The van der Waals surface area contributed by atoms with Gasteiger partial charge in [-0.05, 0) is 35.7 Å². The quantitative estimate of drug-likeness (QED) is 0.440. The highest BCUT2D eigenvalue weighted by molar-refractivity contribution is 5.95. The van der Waals surface area contributed by atoms with Crippen molar-refractivity contribution in [3.05, 3.63) is 92.3 Å². The number of rotatable bonds is 5. The number of aromatic nitrogens is 2. The average Bonchev–Trinajstić information content (AvgIpc) is 2.84. The van der Waals surface area contributed by atoms with Gasteiger partial charge in [-0.2, -0.15) is 4.68 Å². The first-order valence-corrected chi connectivity index (χ1v) is 10.8. The number of nitrogens with zero attached hydrogens (tertiary/aromatic N) is 5. The van der Waals surface area contributed by atoms with Crippen LogP contribution in [0.2, 0.25) is 0 Å². The van der Waals surface area contributed by atoms with Gasteiger partial charge in [0.2, 0.25) is 0 Å². The molecule has 1 aromatic heterocycles. The standard InChI is InChI=1S/C24H25N5O4/c1-17(2)18-6-8-20(9-7-18)28-23(30)11-10-22(25-28)26-12-14-27(15-13-26)24(31)19-4-3-5-21(16-19)29(32)33/h3-11,16-17H,12-15H2,1-2H3. The number of benzene rings is 2.